The van der Waals surface area contributed by atoms with Crippen LogP contribution in [0.1, 0.15) is 55.2 Å². The third-order valence-corrected chi connectivity index (χ3v) is 8.76. The summed E-state index contributed by atoms with van der Waals surface area (Å²) in [6.07, 6.45) is 5.16. The molecule has 2 atom stereocenters. The number of rotatable bonds is 6. The molecule has 1 aliphatic heterocycles. The van der Waals surface area contributed by atoms with E-state index in [1.165, 1.54) is 0 Å². The number of ether oxygens (including phenoxy) is 1. The van der Waals surface area contributed by atoms with Gasteiger partial charge >= 0.3 is 5.63 Å². The van der Waals surface area contributed by atoms with Crippen LogP contribution in [0.3, 0.4) is 0 Å². The maximum Gasteiger partial charge on any atom is 0.339 e. The Hall–Kier alpha value is -2.54. The van der Waals surface area contributed by atoms with Crippen molar-refractivity contribution < 1.29 is 19.1 Å². The number of benzene rings is 2. The van der Waals surface area contributed by atoms with Crippen LogP contribution < -0.4 is 10.4 Å². The smallest absolute Gasteiger partial charge is 0.339 e. The van der Waals surface area contributed by atoms with Gasteiger partial charge in [0.25, 0.3) is 0 Å². The molecule has 1 amide bonds. The van der Waals surface area contributed by atoms with Gasteiger partial charge in [-0.05, 0) is 68.0 Å². The minimum atomic E-state index is -0.616. The highest BCUT2D eigenvalue weighted by Crippen LogP contribution is 2.40. The van der Waals surface area contributed by atoms with Gasteiger partial charge in [-0.2, -0.15) is 0 Å². The van der Waals surface area contributed by atoms with Gasteiger partial charge < -0.3 is 19.2 Å². The van der Waals surface area contributed by atoms with Crippen molar-refractivity contribution in [2.24, 2.45) is 5.92 Å². The minimum absolute atomic E-state index is 0.0255. The molecule has 2 fully saturated rings. The fourth-order valence-electron chi connectivity index (χ4n) is 5.74. The molecule has 1 saturated heterocycles. The molecule has 8 heteroatoms. The number of carbonyl (C=O) groups is 1. The average molecular weight is 544 g/mol. The maximum absolute atomic E-state index is 13.0. The van der Waals surface area contributed by atoms with Crippen molar-refractivity contribution in [2.75, 3.05) is 13.1 Å². The Kier molecular flexibility index (Phi) is 7.53. The molecule has 1 saturated carbocycles. The van der Waals surface area contributed by atoms with Crippen molar-refractivity contribution in [2.45, 2.75) is 64.1 Å². The van der Waals surface area contributed by atoms with Crippen molar-refractivity contribution in [1.29, 1.82) is 0 Å². The van der Waals surface area contributed by atoms with E-state index in [2.05, 4.69) is 0 Å². The first-order valence-corrected chi connectivity index (χ1v) is 13.6. The van der Waals surface area contributed by atoms with E-state index in [1.54, 1.807) is 18.2 Å². The zero-order valence-electron chi connectivity index (χ0n) is 20.9. The van der Waals surface area contributed by atoms with Gasteiger partial charge in [-0.15, -0.1) is 0 Å². The van der Waals surface area contributed by atoms with Gasteiger partial charge in [0.05, 0.1) is 15.6 Å². The Labute approximate surface area is 226 Å². The Morgan fingerprint density at radius 2 is 2.00 bits per heavy atom. The summed E-state index contributed by atoms with van der Waals surface area (Å²) in [4.78, 5) is 27.7. The van der Waals surface area contributed by atoms with Gasteiger partial charge in [0.15, 0.2) is 0 Å². The number of hydrogen-bond donors (Lipinski definition) is 1. The number of nitrogens with zero attached hydrogens (tertiary/aromatic N) is 1. The van der Waals surface area contributed by atoms with E-state index >= 15 is 0 Å². The molecule has 2 unspecified atom stereocenters. The van der Waals surface area contributed by atoms with Crippen LogP contribution in [0.15, 0.2) is 45.6 Å². The molecule has 0 spiro atoms. The third kappa shape index (κ3) is 5.52. The molecular formula is C29H31Cl2NO5. The van der Waals surface area contributed by atoms with Crippen molar-refractivity contribution in [3.63, 3.8) is 0 Å². The fourth-order valence-corrected chi connectivity index (χ4v) is 6.06. The summed E-state index contributed by atoms with van der Waals surface area (Å²) in [6, 6.07) is 10.7. The van der Waals surface area contributed by atoms with Crippen LogP contribution in [0.5, 0.6) is 5.75 Å². The topological polar surface area (TPSA) is 80.0 Å². The summed E-state index contributed by atoms with van der Waals surface area (Å²) in [5, 5.41) is 12.7. The first-order valence-electron chi connectivity index (χ1n) is 12.9. The van der Waals surface area contributed by atoms with Crippen LogP contribution in [0.25, 0.3) is 11.0 Å². The Balaban J connectivity index is 1.25. The lowest BCUT2D eigenvalue weighted by Crippen LogP contribution is -2.54. The van der Waals surface area contributed by atoms with Gasteiger partial charge in [-0.1, -0.05) is 42.1 Å². The van der Waals surface area contributed by atoms with Gasteiger partial charge in [0.2, 0.25) is 5.91 Å². The minimum Gasteiger partial charge on any atom is -0.489 e. The van der Waals surface area contributed by atoms with Crippen molar-refractivity contribution in [3.8, 4) is 5.75 Å². The van der Waals surface area contributed by atoms with E-state index in [0.29, 0.717) is 59.5 Å². The van der Waals surface area contributed by atoms with Crippen LogP contribution in [-0.2, 0) is 17.8 Å². The van der Waals surface area contributed by atoms with E-state index in [0.717, 1.165) is 42.2 Å². The molecule has 3 aromatic rings. The van der Waals surface area contributed by atoms with Gasteiger partial charge in [0.1, 0.15) is 17.9 Å². The van der Waals surface area contributed by atoms with Crippen molar-refractivity contribution >= 4 is 40.1 Å². The van der Waals surface area contributed by atoms with Crippen LogP contribution in [0, 0.1) is 12.8 Å². The van der Waals surface area contributed by atoms with E-state index in [4.69, 9.17) is 32.4 Å². The largest absolute Gasteiger partial charge is 0.489 e. The van der Waals surface area contributed by atoms with Gasteiger partial charge in [-0.3, -0.25) is 4.79 Å². The summed E-state index contributed by atoms with van der Waals surface area (Å²) in [5.41, 5.74) is 1.60. The molecule has 2 aromatic carbocycles. The second kappa shape index (κ2) is 10.7. The quantitative estimate of drug-likeness (QED) is 0.381. The molecule has 37 heavy (non-hydrogen) atoms. The Morgan fingerprint density at radius 3 is 2.81 bits per heavy atom. The monoisotopic (exact) mass is 543 g/mol. The summed E-state index contributed by atoms with van der Waals surface area (Å²) >= 11 is 12.0. The molecule has 1 aromatic heterocycles. The lowest BCUT2D eigenvalue weighted by atomic mass is 9.71. The predicted molar refractivity (Wildman–Crippen MR) is 144 cm³/mol. The normalized spacial score (nSPS) is 21.6. The van der Waals surface area contributed by atoms with Crippen molar-refractivity contribution in [1.82, 2.24) is 4.90 Å². The average Bonchev–Trinajstić information content (AvgIpc) is 2.88. The number of halogens is 2. The number of fused-ring (bicyclic) bond motifs is 2. The summed E-state index contributed by atoms with van der Waals surface area (Å²) in [6.45, 7) is 3.35. The summed E-state index contributed by atoms with van der Waals surface area (Å²) < 4.78 is 11.5. The van der Waals surface area contributed by atoms with Crippen LogP contribution in [-0.4, -0.2) is 34.6 Å². The summed E-state index contributed by atoms with van der Waals surface area (Å²) in [5.74, 6) is 0.744. The molecule has 0 bridgehead atoms. The highest BCUT2D eigenvalue weighted by Gasteiger charge is 2.43. The molecule has 1 aliphatic carbocycles. The molecule has 6 nitrogen and oxygen atoms in total. The predicted octanol–water partition coefficient (Wildman–Crippen LogP) is 6.07. The summed E-state index contributed by atoms with van der Waals surface area (Å²) in [7, 11) is 0. The fraction of sp³-hybridized carbons (Fsp3) is 0.448. The molecule has 2 heterocycles. The van der Waals surface area contributed by atoms with Crippen LogP contribution in [0.4, 0.5) is 0 Å². The van der Waals surface area contributed by atoms with Crippen LogP contribution in [0.2, 0.25) is 10.0 Å². The highest BCUT2D eigenvalue weighted by molar-refractivity contribution is 6.42. The molecular weight excluding hydrogens is 513 g/mol. The van der Waals surface area contributed by atoms with Crippen LogP contribution >= 0.6 is 23.2 Å². The second-order valence-corrected chi connectivity index (χ2v) is 11.1. The molecule has 0 radical (unpaired) electrons. The number of piperidine rings is 1. The van der Waals surface area contributed by atoms with E-state index < -0.39 is 11.2 Å². The first kappa shape index (κ1) is 26.1. The highest BCUT2D eigenvalue weighted by atomic mass is 35.5. The Morgan fingerprint density at radius 1 is 1.16 bits per heavy atom. The van der Waals surface area contributed by atoms with Crippen molar-refractivity contribution in [3.05, 3.63) is 73.6 Å². The molecule has 1 N–H and O–H groups in total. The number of aryl methyl sites for hydroxylation is 1. The van der Waals surface area contributed by atoms with E-state index in [9.17, 15) is 14.7 Å². The SMILES string of the molecule is Cc1c(CCC(=O)N2CCC3(O)CCCCC3C2)c(=O)oc2cc(OCc3ccc(Cl)c(Cl)c3)ccc12. The van der Waals surface area contributed by atoms with Gasteiger partial charge in [0, 0.05) is 42.4 Å². The third-order valence-electron chi connectivity index (χ3n) is 8.02. The lowest BCUT2D eigenvalue weighted by molar-refractivity contribution is -0.143. The van der Waals surface area contributed by atoms with Gasteiger partial charge in [-0.25, -0.2) is 4.79 Å². The first-order chi connectivity index (χ1) is 17.7. The zero-order valence-corrected chi connectivity index (χ0v) is 22.4. The zero-order chi connectivity index (χ0) is 26.2. The van der Waals surface area contributed by atoms with E-state index in [-0.39, 0.29) is 18.2 Å². The number of likely N-dealkylation sites (tertiary alicyclic amines) is 1. The standard InChI is InChI=1S/C29H31Cl2NO5/c1-18-22-7-6-21(36-17-19-5-9-24(30)25(31)14-19)15-26(22)37-28(34)23(18)8-10-27(33)32-13-12-29(35)11-3-2-4-20(29)16-32/h5-7,9,14-15,20,35H,2-4,8,10-13,16-17H2,1H3. The second-order valence-electron chi connectivity index (χ2n) is 10.3. The number of aliphatic hydroxyl groups is 1. The van der Waals surface area contributed by atoms with E-state index in [1.807, 2.05) is 30.0 Å². The molecule has 196 valence electrons. The maximum atomic E-state index is 13.0. The number of carbonyl (C=O) groups excluding carboxylic acids is 1. The number of amides is 1. The Bertz CT molecular complexity index is 1390. The molecule has 2 aliphatic rings. The number of hydrogen-bond acceptors (Lipinski definition) is 5. The lowest BCUT2D eigenvalue weighted by Gasteiger charge is -2.47. The molecule has 5 rings (SSSR count).